The van der Waals surface area contributed by atoms with Gasteiger partial charge in [0.2, 0.25) is 15.9 Å². The summed E-state index contributed by atoms with van der Waals surface area (Å²) in [6.07, 6.45) is 1.52. The highest BCUT2D eigenvalue weighted by molar-refractivity contribution is 7.89. The molecule has 1 unspecified atom stereocenters. The number of sulfonamides is 1. The van der Waals surface area contributed by atoms with Gasteiger partial charge in [-0.15, -0.1) is 0 Å². The topological polar surface area (TPSA) is 69.7 Å². The second kappa shape index (κ2) is 7.42. The van der Waals surface area contributed by atoms with Crippen LogP contribution in [-0.2, 0) is 21.4 Å². The molecule has 1 atom stereocenters. The number of carbonyl (C=O) groups excluding carboxylic acids is 1. The maximum Gasteiger partial charge on any atom is 0.227 e. The van der Waals surface area contributed by atoms with Crippen LogP contribution in [0, 0.1) is 0 Å². The van der Waals surface area contributed by atoms with Crippen molar-refractivity contribution < 1.29 is 13.2 Å². The van der Waals surface area contributed by atoms with Crippen LogP contribution in [0.25, 0.3) is 0 Å². The molecule has 1 aliphatic heterocycles. The van der Waals surface area contributed by atoms with Gasteiger partial charge in [-0.2, -0.15) is 0 Å². The third kappa shape index (κ3) is 4.76. The third-order valence-corrected chi connectivity index (χ3v) is 6.00. The molecule has 1 N–H and O–H groups in total. The molecule has 1 amide bonds. The van der Waals surface area contributed by atoms with Crippen LogP contribution in [0.15, 0.2) is 24.3 Å². The van der Waals surface area contributed by atoms with Gasteiger partial charge in [0.15, 0.2) is 0 Å². The van der Waals surface area contributed by atoms with Crippen LogP contribution in [0.2, 0.25) is 0 Å². The lowest BCUT2D eigenvalue weighted by molar-refractivity contribution is -0.117. The number of hydrogen-bond donors (Lipinski definition) is 1. The predicted molar refractivity (Wildman–Crippen MR) is 91.8 cm³/mol. The highest BCUT2D eigenvalue weighted by atomic mass is 32.2. The SMILES string of the molecule is CC(CS(=O)(=O)N(C)C)NCc1cccc(N2CCCC2=O)c1. The Balaban J connectivity index is 1.95. The normalized spacial score (nSPS) is 17.0. The predicted octanol–water partition coefficient (Wildman–Crippen LogP) is 1.18. The fourth-order valence-corrected chi connectivity index (χ4v) is 3.62. The van der Waals surface area contributed by atoms with E-state index in [2.05, 4.69) is 5.32 Å². The minimum atomic E-state index is -3.21. The molecule has 1 fully saturated rings. The summed E-state index contributed by atoms with van der Waals surface area (Å²) in [7, 11) is -0.132. The van der Waals surface area contributed by atoms with Gasteiger partial charge in [0, 0.05) is 45.3 Å². The van der Waals surface area contributed by atoms with Crippen molar-refractivity contribution in [2.75, 3.05) is 31.3 Å². The number of anilines is 1. The van der Waals surface area contributed by atoms with E-state index in [9.17, 15) is 13.2 Å². The van der Waals surface area contributed by atoms with E-state index >= 15 is 0 Å². The Morgan fingerprint density at radius 3 is 2.70 bits per heavy atom. The molecular weight excluding hydrogens is 314 g/mol. The Bertz CT molecular complexity index is 658. The average Bonchev–Trinajstić information content (AvgIpc) is 2.91. The van der Waals surface area contributed by atoms with Crippen LogP contribution in [0.1, 0.15) is 25.3 Å². The fourth-order valence-electron chi connectivity index (χ4n) is 2.57. The standard InChI is InChI=1S/C16H25N3O3S/c1-13(12-23(21,22)18(2)3)17-11-14-6-4-7-15(10-14)19-9-5-8-16(19)20/h4,6-7,10,13,17H,5,8-9,11-12H2,1-3H3. The number of nitrogens with one attached hydrogen (secondary N) is 1. The highest BCUT2D eigenvalue weighted by Crippen LogP contribution is 2.22. The van der Waals surface area contributed by atoms with Crippen molar-refractivity contribution in [1.82, 2.24) is 9.62 Å². The van der Waals surface area contributed by atoms with Gasteiger partial charge in [-0.05, 0) is 31.0 Å². The van der Waals surface area contributed by atoms with Crippen LogP contribution < -0.4 is 10.2 Å². The number of hydrogen-bond acceptors (Lipinski definition) is 4. The number of carbonyl (C=O) groups is 1. The van der Waals surface area contributed by atoms with Crippen molar-refractivity contribution in [3.63, 3.8) is 0 Å². The number of nitrogens with zero attached hydrogens (tertiary/aromatic N) is 2. The van der Waals surface area contributed by atoms with Crippen LogP contribution in [-0.4, -0.2) is 51.1 Å². The number of rotatable bonds is 7. The summed E-state index contributed by atoms with van der Waals surface area (Å²) in [6, 6.07) is 7.68. The quantitative estimate of drug-likeness (QED) is 0.810. The molecule has 1 aromatic carbocycles. The maximum absolute atomic E-state index is 11.9. The highest BCUT2D eigenvalue weighted by Gasteiger charge is 2.22. The second-order valence-electron chi connectivity index (χ2n) is 6.16. The van der Waals surface area contributed by atoms with E-state index in [0.717, 1.165) is 24.2 Å². The molecule has 7 heteroatoms. The Hall–Kier alpha value is -1.44. The van der Waals surface area contributed by atoms with E-state index < -0.39 is 10.0 Å². The van der Waals surface area contributed by atoms with E-state index in [-0.39, 0.29) is 17.7 Å². The summed E-state index contributed by atoms with van der Waals surface area (Å²) in [4.78, 5) is 13.6. The second-order valence-corrected chi connectivity index (χ2v) is 8.39. The van der Waals surface area contributed by atoms with Gasteiger partial charge in [0.1, 0.15) is 0 Å². The lowest BCUT2D eigenvalue weighted by atomic mass is 10.2. The molecule has 0 bridgehead atoms. The van der Waals surface area contributed by atoms with E-state index in [1.807, 2.05) is 36.1 Å². The maximum atomic E-state index is 11.9. The molecule has 0 spiro atoms. The van der Waals surface area contributed by atoms with E-state index in [0.29, 0.717) is 13.0 Å². The fraction of sp³-hybridized carbons (Fsp3) is 0.562. The first kappa shape index (κ1) is 17.9. The van der Waals surface area contributed by atoms with Crippen molar-refractivity contribution in [3.05, 3.63) is 29.8 Å². The van der Waals surface area contributed by atoms with Crippen molar-refractivity contribution >= 4 is 21.6 Å². The van der Waals surface area contributed by atoms with Crippen molar-refractivity contribution in [2.45, 2.75) is 32.4 Å². The summed E-state index contributed by atoms with van der Waals surface area (Å²) < 4.78 is 25.0. The molecule has 1 saturated heterocycles. The molecule has 2 rings (SSSR count). The molecule has 0 saturated carbocycles. The van der Waals surface area contributed by atoms with Crippen LogP contribution >= 0.6 is 0 Å². The van der Waals surface area contributed by atoms with Gasteiger partial charge in [0.25, 0.3) is 0 Å². The molecule has 1 aliphatic rings. The molecule has 0 radical (unpaired) electrons. The summed E-state index contributed by atoms with van der Waals surface area (Å²) in [5, 5.41) is 3.23. The summed E-state index contributed by atoms with van der Waals surface area (Å²) in [6.45, 7) is 3.20. The van der Waals surface area contributed by atoms with Gasteiger partial charge in [-0.25, -0.2) is 12.7 Å². The van der Waals surface area contributed by atoms with Gasteiger partial charge in [0.05, 0.1) is 5.75 Å². The summed E-state index contributed by atoms with van der Waals surface area (Å²) in [5.41, 5.74) is 1.96. The van der Waals surface area contributed by atoms with Crippen molar-refractivity contribution in [1.29, 1.82) is 0 Å². The van der Waals surface area contributed by atoms with Crippen LogP contribution in [0.4, 0.5) is 5.69 Å². The Kier molecular flexibility index (Phi) is 5.78. The van der Waals surface area contributed by atoms with Gasteiger partial charge < -0.3 is 10.2 Å². The molecule has 23 heavy (non-hydrogen) atoms. The molecule has 6 nitrogen and oxygen atoms in total. The lowest BCUT2D eigenvalue weighted by Gasteiger charge is -2.19. The average molecular weight is 339 g/mol. The molecule has 1 heterocycles. The third-order valence-electron chi connectivity index (χ3n) is 3.97. The molecule has 0 aromatic heterocycles. The van der Waals surface area contributed by atoms with Crippen LogP contribution in [0.3, 0.4) is 0 Å². The van der Waals surface area contributed by atoms with Crippen molar-refractivity contribution in [3.8, 4) is 0 Å². The monoisotopic (exact) mass is 339 g/mol. The van der Waals surface area contributed by atoms with E-state index in [1.54, 1.807) is 14.1 Å². The lowest BCUT2D eigenvalue weighted by Crippen LogP contribution is -2.37. The Morgan fingerprint density at radius 1 is 1.35 bits per heavy atom. The minimum absolute atomic E-state index is 0.0598. The summed E-state index contributed by atoms with van der Waals surface area (Å²) in [5.74, 6) is 0.227. The zero-order chi connectivity index (χ0) is 17.0. The van der Waals surface area contributed by atoms with E-state index in [4.69, 9.17) is 0 Å². The van der Waals surface area contributed by atoms with Gasteiger partial charge >= 0.3 is 0 Å². The first-order chi connectivity index (χ1) is 10.8. The van der Waals surface area contributed by atoms with Gasteiger partial charge in [-0.1, -0.05) is 12.1 Å². The number of amides is 1. The summed E-state index contributed by atoms with van der Waals surface area (Å²) >= 11 is 0. The first-order valence-electron chi connectivity index (χ1n) is 7.82. The number of benzene rings is 1. The zero-order valence-electron chi connectivity index (χ0n) is 13.9. The zero-order valence-corrected chi connectivity index (χ0v) is 14.8. The van der Waals surface area contributed by atoms with Crippen molar-refractivity contribution in [2.24, 2.45) is 0 Å². The molecule has 1 aromatic rings. The molecule has 128 valence electrons. The smallest absolute Gasteiger partial charge is 0.227 e. The van der Waals surface area contributed by atoms with Gasteiger partial charge in [-0.3, -0.25) is 4.79 Å². The Morgan fingerprint density at radius 2 is 2.09 bits per heavy atom. The van der Waals surface area contributed by atoms with Crippen LogP contribution in [0.5, 0.6) is 0 Å². The molecule has 0 aliphatic carbocycles. The van der Waals surface area contributed by atoms with E-state index in [1.165, 1.54) is 4.31 Å². The first-order valence-corrected chi connectivity index (χ1v) is 9.43. The molecular formula is C16H25N3O3S. The minimum Gasteiger partial charge on any atom is -0.312 e. The largest absolute Gasteiger partial charge is 0.312 e. The Labute approximate surface area is 138 Å².